The van der Waals surface area contributed by atoms with E-state index in [0.29, 0.717) is 6.54 Å². The quantitative estimate of drug-likeness (QED) is 0.564. The van der Waals surface area contributed by atoms with Crippen LogP contribution in [0.3, 0.4) is 0 Å². The molecule has 0 fully saturated rings. The van der Waals surface area contributed by atoms with Crippen LogP contribution < -0.4 is 11.1 Å². The zero-order valence-corrected chi connectivity index (χ0v) is 11.5. The number of rotatable bonds is 9. The van der Waals surface area contributed by atoms with E-state index in [4.69, 9.17) is 10.8 Å². The van der Waals surface area contributed by atoms with Crippen molar-refractivity contribution in [3.8, 4) is 0 Å². The number of carboxylic acids is 1. The van der Waals surface area contributed by atoms with E-state index in [1.807, 2.05) is 6.92 Å². The van der Waals surface area contributed by atoms with Gasteiger partial charge in [0.2, 0.25) is 5.91 Å². The summed E-state index contributed by atoms with van der Waals surface area (Å²) in [7, 11) is 0. The van der Waals surface area contributed by atoms with Crippen molar-refractivity contribution in [3.63, 3.8) is 0 Å². The van der Waals surface area contributed by atoms with Crippen molar-refractivity contribution in [2.75, 3.05) is 19.6 Å². The third kappa shape index (κ3) is 8.87. The maximum Gasteiger partial charge on any atom is 0.317 e. The molecule has 1 atom stereocenters. The Kier molecular flexibility index (Phi) is 8.32. The Morgan fingerprint density at radius 2 is 2.00 bits per heavy atom. The van der Waals surface area contributed by atoms with E-state index in [9.17, 15) is 14.4 Å². The van der Waals surface area contributed by atoms with Crippen LogP contribution in [0.4, 0.5) is 4.79 Å². The number of amides is 3. The Bertz CT molecular complexity index is 320. The molecule has 1 unspecified atom stereocenters. The first-order valence-corrected chi connectivity index (χ1v) is 6.39. The standard InChI is InChI=1S/C12H23N3O4/c1-3-4-5-15(8-10(13)16)12(19)14-7-9(2)6-11(17)18/h9H,3-8H2,1-2H3,(H2,13,16)(H,14,19)(H,17,18). The van der Waals surface area contributed by atoms with Crippen LogP contribution in [0.25, 0.3) is 0 Å². The summed E-state index contributed by atoms with van der Waals surface area (Å²) in [5.74, 6) is -1.63. The van der Waals surface area contributed by atoms with E-state index in [2.05, 4.69) is 5.32 Å². The Hall–Kier alpha value is -1.79. The fourth-order valence-corrected chi connectivity index (χ4v) is 1.53. The number of aliphatic carboxylic acids is 1. The normalized spacial score (nSPS) is 11.7. The highest BCUT2D eigenvalue weighted by atomic mass is 16.4. The van der Waals surface area contributed by atoms with Crippen LogP contribution in [0.1, 0.15) is 33.1 Å². The van der Waals surface area contributed by atoms with Gasteiger partial charge < -0.3 is 21.1 Å². The van der Waals surface area contributed by atoms with E-state index >= 15 is 0 Å². The van der Waals surface area contributed by atoms with Gasteiger partial charge in [0.05, 0.1) is 0 Å². The number of unbranched alkanes of at least 4 members (excludes halogenated alkanes) is 1. The minimum Gasteiger partial charge on any atom is -0.481 e. The number of nitrogens with two attached hydrogens (primary N) is 1. The lowest BCUT2D eigenvalue weighted by Crippen LogP contribution is -2.45. The lowest BCUT2D eigenvalue weighted by atomic mass is 10.1. The van der Waals surface area contributed by atoms with Gasteiger partial charge in [0.25, 0.3) is 0 Å². The number of carbonyl (C=O) groups is 3. The van der Waals surface area contributed by atoms with Gasteiger partial charge in [-0.1, -0.05) is 20.3 Å². The molecular formula is C12H23N3O4. The van der Waals surface area contributed by atoms with Crippen LogP contribution in [0, 0.1) is 5.92 Å². The Morgan fingerprint density at radius 1 is 1.37 bits per heavy atom. The van der Waals surface area contributed by atoms with Crippen molar-refractivity contribution >= 4 is 17.9 Å². The monoisotopic (exact) mass is 273 g/mol. The fraction of sp³-hybridized carbons (Fsp3) is 0.750. The molecule has 0 spiro atoms. The van der Waals surface area contributed by atoms with Gasteiger partial charge >= 0.3 is 12.0 Å². The highest BCUT2D eigenvalue weighted by molar-refractivity contribution is 5.82. The Balaban J connectivity index is 4.22. The molecule has 19 heavy (non-hydrogen) atoms. The van der Waals surface area contributed by atoms with Crippen LogP contribution >= 0.6 is 0 Å². The van der Waals surface area contributed by atoms with Gasteiger partial charge in [0.15, 0.2) is 0 Å². The van der Waals surface area contributed by atoms with Crippen LogP contribution in [-0.2, 0) is 9.59 Å². The average Bonchev–Trinajstić information content (AvgIpc) is 2.30. The number of carbonyl (C=O) groups excluding carboxylic acids is 2. The topological polar surface area (TPSA) is 113 Å². The summed E-state index contributed by atoms with van der Waals surface area (Å²) < 4.78 is 0. The molecule has 0 heterocycles. The minimum absolute atomic E-state index is 0.00887. The van der Waals surface area contributed by atoms with Gasteiger partial charge in [-0.05, 0) is 12.3 Å². The van der Waals surface area contributed by atoms with Crippen molar-refractivity contribution < 1.29 is 19.5 Å². The molecule has 0 radical (unpaired) electrons. The second-order valence-corrected chi connectivity index (χ2v) is 4.63. The molecule has 0 bridgehead atoms. The third-order valence-corrected chi connectivity index (χ3v) is 2.54. The molecule has 0 aromatic carbocycles. The van der Waals surface area contributed by atoms with E-state index in [-0.39, 0.29) is 31.5 Å². The smallest absolute Gasteiger partial charge is 0.317 e. The molecular weight excluding hydrogens is 250 g/mol. The van der Waals surface area contributed by atoms with Gasteiger partial charge in [-0.2, -0.15) is 0 Å². The van der Waals surface area contributed by atoms with E-state index in [0.717, 1.165) is 12.8 Å². The van der Waals surface area contributed by atoms with Crippen LogP contribution in [0.15, 0.2) is 0 Å². The van der Waals surface area contributed by atoms with E-state index < -0.39 is 11.9 Å². The van der Waals surface area contributed by atoms with Gasteiger partial charge in [-0.25, -0.2) is 4.79 Å². The number of carboxylic acid groups (broad SMARTS) is 1. The first-order valence-electron chi connectivity index (χ1n) is 6.39. The van der Waals surface area contributed by atoms with Gasteiger partial charge in [0.1, 0.15) is 6.54 Å². The molecule has 7 heteroatoms. The zero-order valence-electron chi connectivity index (χ0n) is 11.5. The maximum atomic E-state index is 11.8. The second kappa shape index (κ2) is 9.18. The number of nitrogens with one attached hydrogen (secondary N) is 1. The fourth-order valence-electron chi connectivity index (χ4n) is 1.53. The molecule has 0 saturated heterocycles. The summed E-state index contributed by atoms with van der Waals surface area (Å²) in [6, 6.07) is -0.385. The molecule has 0 aliphatic rings. The summed E-state index contributed by atoms with van der Waals surface area (Å²) >= 11 is 0. The highest BCUT2D eigenvalue weighted by Gasteiger charge is 2.16. The molecule has 4 N–H and O–H groups in total. The molecule has 0 aliphatic heterocycles. The van der Waals surface area contributed by atoms with E-state index in [1.54, 1.807) is 6.92 Å². The Morgan fingerprint density at radius 3 is 2.47 bits per heavy atom. The molecule has 0 aromatic heterocycles. The summed E-state index contributed by atoms with van der Waals surface area (Å²) in [6.07, 6.45) is 1.67. The molecule has 110 valence electrons. The maximum absolute atomic E-state index is 11.8. The predicted octanol–water partition coefficient (Wildman–Crippen LogP) is 0.394. The highest BCUT2D eigenvalue weighted by Crippen LogP contribution is 2.01. The van der Waals surface area contributed by atoms with Gasteiger partial charge in [-0.15, -0.1) is 0 Å². The number of nitrogens with zero attached hydrogens (tertiary/aromatic N) is 1. The van der Waals surface area contributed by atoms with E-state index in [1.165, 1.54) is 4.90 Å². The lowest BCUT2D eigenvalue weighted by molar-refractivity contribution is -0.137. The molecule has 0 aliphatic carbocycles. The summed E-state index contributed by atoms with van der Waals surface area (Å²) in [4.78, 5) is 34.6. The van der Waals surface area contributed by atoms with Crippen LogP contribution in [-0.4, -0.2) is 47.5 Å². The summed E-state index contributed by atoms with van der Waals surface area (Å²) in [5.41, 5.74) is 5.09. The molecule has 3 amide bonds. The predicted molar refractivity (Wildman–Crippen MR) is 70.5 cm³/mol. The molecule has 0 saturated carbocycles. The lowest BCUT2D eigenvalue weighted by Gasteiger charge is -2.22. The summed E-state index contributed by atoms with van der Waals surface area (Å²) in [6.45, 7) is 4.30. The molecule has 0 rings (SSSR count). The first kappa shape index (κ1) is 17.2. The van der Waals surface area contributed by atoms with Gasteiger partial charge in [-0.3, -0.25) is 9.59 Å². The number of primary amides is 1. The third-order valence-electron chi connectivity index (χ3n) is 2.54. The second-order valence-electron chi connectivity index (χ2n) is 4.63. The number of hydrogen-bond donors (Lipinski definition) is 3. The van der Waals surface area contributed by atoms with Crippen LogP contribution in [0.5, 0.6) is 0 Å². The summed E-state index contributed by atoms with van der Waals surface area (Å²) in [5, 5.41) is 11.2. The number of hydrogen-bond acceptors (Lipinski definition) is 3. The van der Waals surface area contributed by atoms with Crippen LogP contribution in [0.2, 0.25) is 0 Å². The minimum atomic E-state index is -0.901. The SMILES string of the molecule is CCCCN(CC(N)=O)C(=O)NCC(C)CC(=O)O. The Labute approximate surface area is 113 Å². The largest absolute Gasteiger partial charge is 0.481 e. The average molecular weight is 273 g/mol. The number of urea groups is 1. The molecule has 0 aromatic rings. The van der Waals surface area contributed by atoms with Crippen molar-refractivity contribution in [1.82, 2.24) is 10.2 Å². The zero-order chi connectivity index (χ0) is 14.8. The van der Waals surface area contributed by atoms with Crippen molar-refractivity contribution in [3.05, 3.63) is 0 Å². The first-order chi connectivity index (χ1) is 8.86. The van der Waals surface area contributed by atoms with Crippen molar-refractivity contribution in [2.24, 2.45) is 11.7 Å². The van der Waals surface area contributed by atoms with Gasteiger partial charge in [0, 0.05) is 19.5 Å². The van der Waals surface area contributed by atoms with Crippen molar-refractivity contribution in [1.29, 1.82) is 0 Å². The molecule has 7 nitrogen and oxygen atoms in total. The van der Waals surface area contributed by atoms with Crippen molar-refractivity contribution in [2.45, 2.75) is 33.1 Å².